The van der Waals surface area contributed by atoms with E-state index in [1.807, 2.05) is 20.8 Å². The third kappa shape index (κ3) is 2.68. The molecule has 0 bridgehead atoms. The van der Waals surface area contributed by atoms with Crippen LogP contribution in [0, 0.1) is 5.92 Å². The number of rotatable bonds is 2. The molecule has 1 heterocycles. The van der Waals surface area contributed by atoms with Crippen molar-refractivity contribution in [3.8, 4) is 0 Å². The Bertz CT molecular complexity index is 204. The van der Waals surface area contributed by atoms with E-state index in [2.05, 4.69) is 4.40 Å². The van der Waals surface area contributed by atoms with Gasteiger partial charge in [0.15, 0.2) is 0 Å². The topological polar surface area (TPSA) is 38.7 Å². The summed E-state index contributed by atoms with van der Waals surface area (Å²) in [4.78, 5) is 0. The zero-order valence-electron chi connectivity index (χ0n) is 7.74. The minimum Gasteiger partial charge on any atom is -0.380 e. The monoisotopic (exact) mass is 189 g/mol. The smallest absolute Gasteiger partial charge is 0.144 e. The van der Waals surface area contributed by atoms with Crippen molar-refractivity contribution in [1.82, 2.24) is 0 Å². The summed E-state index contributed by atoms with van der Waals surface area (Å²) in [5, 5.41) is 0. The van der Waals surface area contributed by atoms with E-state index in [1.54, 1.807) is 6.21 Å². The molecule has 12 heavy (non-hydrogen) atoms. The highest BCUT2D eigenvalue weighted by molar-refractivity contribution is 7.85. The summed E-state index contributed by atoms with van der Waals surface area (Å²) in [5.74, 6) is 0.385. The fourth-order valence-electron chi connectivity index (χ4n) is 0.639. The molecule has 1 fully saturated rings. The molecule has 0 radical (unpaired) electrons. The standard InChI is InChI=1S/C8H15NO2S/c1-8(2,3)12(10)9-4-7-5-11-6-7/h4,7H,5-6H2,1-3H3. The molecule has 0 aromatic rings. The molecule has 0 aliphatic carbocycles. The number of hydrogen-bond acceptors (Lipinski definition) is 2. The molecule has 70 valence electrons. The maximum atomic E-state index is 11.4. The van der Waals surface area contributed by atoms with Crippen molar-refractivity contribution in [2.24, 2.45) is 10.3 Å². The molecule has 0 saturated carbocycles. The first kappa shape index (κ1) is 9.86. The number of nitrogens with zero attached hydrogens (tertiary/aromatic N) is 1. The van der Waals surface area contributed by atoms with Crippen LogP contribution in [0.25, 0.3) is 0 Å². The van der Waals surface area contributed by atoms with E-state index < -0.39 is 11.0 Å². The number of hydrogen-bond donors (Lipinski definition) is 0. The summed E-state index contributed by atoms with van der Waals surface area (Å²) in [5.41, 5.74) is 0. The van der Waals surface area contributed by atoms with E-state index in [9.17, 15) is 4.21 Å². The lowest BCUT2D eigenvalue weighted by Gasteiger charge is -2.22. The zero-order valence-corrected chi connectivity index (χ0v) is 8.56. The van der Waals surface area contributed by atoms with E-state index in [-0.39, 0.29) is 4.75 Å². The fourth-order valence-corrected chi connectivity index (χ4v) is 1.24. The number of ether oxygens (including phenoxy) is 1. The van der Waals surface area contributed by atoms with Gasteiger partial charge in [-0.2, -0.15) is 4.40 Å². The van der Waals surface area contributed by atoms with Crippen molar-refractivity contribution < 1.29 is 8.95 Å². The molecule has 1 atom stereocenters. The van der Waals surface area contributed by atoms with Crippen LogP contribution in [0.3, 0.4) is 0 Å². The average molecular weight is 189 g/mol. The summed E-state index contributed by atoms with van der Waals surface area (Å²) < 4.78 is 20.1. The lowest BCUT2D eigenvalue weighted by Crippen LogP contribution is -2.29. The molecule has 1 aliphatic rings. The first-order chi connectivity index (χ1) is 5.50. The molecule has 0 amide bonds. The Kier molecular flexibility index (Phi) is 3.01. The predicted molar refractivity (Wildman–Crippen MR) is 50.7 cm³/mol. The normalized spacial score (nSPS) is 22.6. The van der Waals surface area contributed by atoms with Crippen LogP contribution in [0.15, 0.2) is 4.40 Å². The Hall–Kier alpha value is -0.220. The van der Waals surface area contributed by atoms with Gasteiger partial charge in [0.2, 0.25) is 0 Å². The van der Waals surface area contributed by atoms with Crippen molar-refractivity contribution in [1.29, 1.82) is 0 Å². The van der Waals surface area contributed by atoms with Gasteiger partial charge in [0.25, 0.3) is 0 Å². The highest BCUT2D eigenvalue weighted by Crippen LogP contribution is 2.13. The van der Waals surface area contributed by atoms with Crippen LogP contribution >= 0.6 is 0 Å². The quantitative estimate of drug-likeness (QED) is 0.611. The molecule has 1 unspecified atom stereocenters. The van der Waals surface area contributed by atoms with Crippen molar-refractivity contribution in [3.63, 3.8) is 0 Å². The van der Waals surface area contributed by atoms with Gasteiger partial charge < -0.3 is 4.74 Å². The Labute approximate surface area is 75.8 Å². The SMILES string of the molecule is CC(C)(C)S(=O)N=CC1COC1. The van der Waals surface area contributed by atoms with Crippen LogP contribution in [0.2, 0.25) is 0 Å². The highest BCUT2D eigenvalue weighted by Gasteiger charge is 2.20. The lowest BCUT2D eigenvalue weighted by molar-refractivity contribution is 0.00421. The Morgan fingerprint density at radius 1 is 1.50 bits per heavy atom. The van der Waals surface area contributed by atoms with Gasteiger partial charge >= 0.3 is 0 Å². The van der Waals surface area contributed by atoms with E-state index in [1.165, 1.54) is 0 Å². The first-order valence-electron chi connectivity index (χ1n) is 4.04. The van der Waals surface area contributed by atoms with Crippen LogP contribution < -0.4 is 0 Å². The van der Waals surface area contributed by atoms with E-state index in [0.717, 1.165) is 13.2 Å². The van der Waals surface area contributed by atoms with Gasteiger partial charge in [0.1, 0.15) is 11.0 Å². The molecule has 0 aromatic carbocycles. The molecule has 1 rings (SSSR count). The second-order valence-electron chi connectivity index (χ2n) is 3.91. The largest absolute Gasteiger partial charge is 0.380 e. The van der Waals surface area contributed by atoms with Crippen molar-refractivity contribution in [2.75, 3.05) is 13.2 Å². The summed E-state index contributed by atoms with van der Waals surface area (Å²) in [6.45, 7) is 7.20. The first-order valence-corrected chi connectivity index (χ1v) is 5.15. The van der Waals surface area contributed by atoms with Gasteiger partial charge in [-0.1, -0.05) is 0 Å². The van der Waals surface area contributed by atoms with Crippen LogP contribution in [-0.2, 0) is 15.7 Å². The maximum Gasteiger partial charge on any atom is 0.144 e. The van der Waals surface area contributed by atoms with Crippen molar-refractivity contribution >= 4 is 17.2 Å². The van der Waals surface area contributed by atoms with Crippen molar-refractivity contribution in [3.05, 3.63) is 0 Å². The molecule has 4 heteroatoms. The lowest BCUT2D eigenvalue weighted by atomic mass is 10.1. The van der Waals surface area contributed by atoms with Gasteiger partial charge in [-0.05, 0) is 20.8 Å². The maximum absolute atomic E-state index is 11.4. The van der Waals surface area contributed by atoms with Gasteiger partial charge in [-0.25, -0.2) is 4.21 Å². The van der Waals surface area contributed by atoms with Gasteiger partial charge in [0.05, 0.1) is 18.0 Å². The second-order valence-corrected chi connectivity index (χ2v) is 5.85. The average Bonchev–Trinajstić information content (AvgIpc) is 1.81. The third-order valence-corrected chi connectivity index (χ3v) is 2.92. The predicted octanol–water partition coefficient (Wildman–Crippen LogP) is 1.17. The summed E-state index contributed by atoms with van der Waals surface area (Å²) in [6, 6.07) is 0. The molecule has 1 saturated heterocycles. The molecule has 3 nitrogen and oxygen atoms in total. The minimum atomic E-state index is -1.11. The Balaban J connectivity index is 2.39. The molecular formula is C8H15NO2S. The van der Waals surface area contributed by atoms with E-state index >= 15 is 0 Å². The van der Waals surface area contributed by atoms with Gasteiger partial charge in [0, 0.05) is 12.1 Å². The van der Waals surface area contributed by atoms with Gasteiger partial charge in [-0.3, -0.25) is 0 Å². The Morgan fingerprint density at radius 3 is 2.42 bits per heavy atom. The third-order valence-electron chi connectivity index (χ3n) is 1.56. The summed E-state index contributed by atoms with van der Waals surface area (Å²) >= 11 is 0. The van der Waals surface area contributed by atoms with Crippen molar-refractivity contribution in [2.45, 2.75) is 25.5 Å². The Morgan fingerprint density at radius 2 is 2.08 bits per heavy atom. The molecule has 0 spiro atoms. The molecular weight excluding hydrogens is 174 g/mol. The second kappa shape index (κ2) is 3.66. The van der Waals surface area contributed by atoms with Crippen LogP contribution in [0.4, 0.5) is 0 Å². The fraction of sp³-hybridized carbons (Fsp3) is 0.875. The molecule has 0 N–H and O–H groups in total. The summed E-state index contributed by atoms with van der Waals surface area (Å²) in [6.07, 6.45) is 1.75. The highest BCUT2D eigenvalue weighted by atomic mass is 32.2. The minimum absolute atomic E-state index is 0.249. The van der Waals surface area contributed by atoms with Crippen LogP contribution in [-0.4, -0.2) is 28.4 Å². The molecule has 0 aromatic heterocycles. The van der Waals surface area contributed by atoms with Crippen LogP contribution in [0.5, 0.6) is 0 Å². The summed E-state index contributed by atoms with van der Waals surface area (Å²) in [7, 11) is -1.11. The molecule has 1 aliphatic heterocycles. The van der Waals surface area contributed by atoms with Crippen LogP contribution in [0.1, 0.15) is 20.8 Å². The van der Waals surface area contributed by atoms with E-state index in [0.29, 0.717) is 5.92 Å². The zero-order chi connectivity index (χ0) is 9.19. The van der Waals surface area contributed by atoms with Gasteiger partial charge in [-0.15, -0.1) is 0 Å². The van der Waals surface area contributed by atoms with E-state index in [4.69, 9.17) is 4.74 Å².